The zero-order chi connectivity index (χ0) is 30.5. The number of methoxy groups -OCH3 is 1. The number of carbonyl (C=O) groups is 5. The normalized spacial score (nSPS) is 16.5. The van der Waals surface area contributed by atoms with E-state index in [-0.39, 0.29) is 37.7 Å². The Morgan fingerprint density at radius 2 is 1.45 bits per heavy atom. The highest BCUT2D eigenvalue weighted by molar-refractivity contribution is 5.93. The van der Waals surface area contributed by atoms with E-state index in [4.69, 9.17) is 9.47 Å². The van der Waals surface area contributed by atoms with Crippen LogP contribution in [0.1, 0.15) is 44.2 Å². The van der Waals surface area contributed by atoms with E-state index in [1.165, 1.54) is 7.11 Å². The van der Waals surface area contributed by atoms with Crippen LogP contribution in [0.4, 0.5) is 4.79 Å². The van der Waals surface area contributed by atoms with Crippen LogP contribution in [-0.4, -0.2) is 61.6 Å². The highest BCUT2D eigenvalue weighted by atomic mass is 16.5. The van der Waals surface area contributed by atoms with Gasteiger partial charge in [0, 0.05) is 18.9 Å². The van der Waals surface area contributed by atoms with Gasteiger partial charge in [-0.2, -0.15) is 0 Å². The predicted octanol–water partition coefficient (Wildman–Crippen LogP) is 2.24. The SMILES string of the molecule is COC(=O)[C@H](C[C@@H]1CCNC1=O)NC(=O)[C@H](CC(C)C)NC(=O)[C@H](Cc1ccccc1)NC(=O)OCc1ccccc1. The Kier molecular flexibility index (Phi) is 12.3. The smallest absolute Gasteiger partial charge is 0.408 e. The molecule has 0 aliphatic carbocycles. The number of nitrogens with one attached hydrogen (secondary N) is 4. The van der Waals surface area contributed by atoms with E-state index < -0.39 is 47.9 Å². The van der Waals surface area contributed by atoms with Gasteiger partial charge in [0.2, 0.25) is 17.7 Å². The van der Waals surface area contributed by atoms with Crippen molar-refractivity contribution in [2.45, 2.75) is 64.3 Å². The predicted molar refractivity (Wildman–Crippen MR) is 155 cm³/mol. The largest absolute Gasteiger partial charge is 0.467 e. The molecule has 0 spiro atoms. The van der Waals surface area contributed by atoms with Crippen LogP contribution in [0.25, 0.3) is 0 Å². The summed E-state index contributed by atoms with van der Waals surface area (Å²) in [7, 11) is 1.21. The van der Waals surface area contributed by atoms with Gasteiger partial charge in [0.25, 0.3) is 0 Å². The van der Waals surface area contributed by atoms with Gasteiger partial charge in [-0.05, 0) is 36.3 Å². The van der Waals surface area contributed by atoms with E-state index >= 15 is 0 Å². The number of hydrogen-bond acceptors (Lipinski definition) is 7. The summed E-state index contributed by atoms with van der Waals surface area (Å²) in [6.45, 7) is 4.32. The summed E-state index contributed by atoms with van der Waals surface area (Å²) >= 11 is 0. The minimum atomic E-state index is -1.06. The molecule has 1 saturated heterocycles. The Labute approximate surface area is 246 Å². The molecule has 0 aromatic heterocycles. The summed E-state index contributed by atoms with van der Waals surface area (Å²) in [5, 5.41) is 10.8. The van der Waals surface area contributed by atoms with Crippen molar-refractivity contribution < 1.29 is 33.4 Å². The minimum absolute atomic E-state index is 0.00890. The lowest BCUT2D eigenvalue weighted by molar-refractivity contribution is -0.146. The van der Waals surface area contributed by atoms with Gasteiger partial charge in [-0.15, -0.1) is 0 Å². The van der Waals surface area contributed by atoms with Crippen LogP contribution in [0.15, 0.2) is 60.7 Å². The number of alkyl carbamates (subject to hydrolysis) is 1. The van der Waals surface area contributed by atoms with Gasteiger partial charge in [0.15, 0.2) is 0 Å². The number of amides is 4. The average molecular weight is 581 g/mol. The summed E-state index contributed by atoms with van der Waals surface area (Å²) in [5.41, 5.74) is 1.59. The molecule has 1 aliphatic rings. The van der Waals surface area contributed by atoms with Crippen molar-refractivity contribution in [1.29, 1.82) is 0 Å². The summed E-state index contributed by atoms with van der Waals surface area (Å²) in [6.07, 6.45) is 0.274. The van der Waals surface area contributed by atoms with Crippen LogP contribution in [0.3, 0.4) is 0 Å². The van der Waals surface area contributed by atoms with E-state index in [0.717, 1.165) is 11.1 Å². The Morgan fingerprint density at radius 1 is 0.857 bits per heavy atom. The maximum atomic E-state index is 13.5. The molecule has 0 saturated carbocycles. The maximum Gasteiger partial charge on any atom is 0.408 e. The fourth-order valence-electron chi connectivity index (χ4n) is 4.72. The number of carbonyl (C=O) groups excluding carboxylic acids is 5. The maximum absolute atomic E-state index is 13.5. The standard InChI is InChI=1S/C31H40N4O7/c1-20(2)16-24(28(37)34-26(30(39)41-3)18-23-14-15-32-27(23)36)33-29(38)25(17-21-10-6-4-7-11-21)35-31(40)42-19-22-12-8-5-9-13-22/h4-13,20,23-26H,14-19H2,1-3H3,(H,32,36)(H,33,38)(H,34,37)(H,35,40)/t23-,24-,25-,26-/m0/s1. The van der Waals surface area contributed by atoms with Crippen LogP contribution < -0.4 is 21.3 Å². The molecular formula is C31H40N4O7. The molecule has 2 aromatic rings. The molecule has 0 unspecified atom stereocenters. The second-order valence-electron chi connectivity index (χ2n) is 10.7. The fourth-order valence-corrected chi connectivity index (χ4v) is 4.72. The zero-order valence-electron chi connectivity index (χ0n) is 24.3. The molecule has 2 aromatic carbocycles. The molecule has 0 radical (unpaired) electrons. The summed E-state index contributed by atoms with van der Waals surface area (Å²) in [6, 6.07) is 15.2. The van der Waals surface area contributed by atoms with E-state index in [2.05, 4.69) is 21.3 Å². The Hall–Kier alpha value is -4.41. The lowest BCUT2D eigenvalue weighted by Gasteiger charge is -2.26. The monoisotopic (exact) mass is 580 g/mol. The molecule has 226 valence electrons. The first kappa shape index (κ1) is 32.1. The molecule has 1 fully saturated rings. The molecule has 3 rings (SSSR count). The number of esters is 1. The van der Waals surface area contributed by atoms with Crippen molar-refractivity contribution in [3.05, 3.63) is 71.8 Å². The molecule has 1 heterocycles. The third-order valence-electron chi connectivity index (χ3n) is 6.93. The summed E-state index contributed by atoms with van der Waals surface area (Å²) in [5.74, 6) is -2.46. The van der Waals surface area contributed by atoms with E-state index in [9.17, 15) is 24.0 Å². The van der Waals surface area contributed by atoms with E-state index in [1.807, 2.05) is 74.5 Å². The van der Waals surface area contributed by atoms with Crippen LogP contribution in [-0.2, 0) is 41.7 Å². The van der Waals surface area contributed by atoms with Gasteiger partial charge in [-0.25, -0.2) is 9.59 Å². The summed E-state index contributed by atoms with van der Waals surface area (Å²) in [4.78, 5) is 64.2. The summed E-state index contributed by atoms with van der Waals surface area (Å²) < 4.78 is 10.2. The van der Waals surface area contributed by atoms with Crippen molar-refractivity contribution >= 4 is 29.8 Å². The lowest BCUT2D eigenvalue weighted by atomic mass is 9.97. The second-order valence-corrected chi connectivity index (χ2v) is 10.7. The average Bonchev–Trinajstić information content (AvgIpc) is 3.39. The van der Waals surface area contributed by atoms with Gasteiger partial charge >= 0.3 is 12.1 Å². The molecule has 0 bridgehead atoms. The van der Waals surface area contributed by atoms with Gasteiger partial charge in [0.1, 0.15) is 24.7 Å². The van der Waals surface area contributed by atoms with Crippen LogP contribution in [0, 0.1) is 11.8 Å². The molecule has 1 aliphatic heterocycles. The molecule has 4 atom stereocenters. The lowest BCUT2D eigenvalue weighted by Crippen LogP contribution is -2.56. The topological polar surface area (TPSA) is 152 Å². The fraction of sp³-hybridized carbons (Fsp3) is 0.452. The third kappa shape index (κ3) is 10.2. The van der Waals surface area contributed by atoms with E-state index in [1.54, 1.807) is 0 Å². The first-order valence-corrected chi connectivity index (χ1v) is 14.1. The third-order valence-corrected chi connectivity index (χ3v) is 6.93. The van der Waals surface area contributed by atoms with Crippen molar-refractivity contribution in [3.8, 4) is 0 Å². The van der Waals surface area contributed by atoms with Crippen LogP contribution >= 0.6 is 0 Å². The highest BCUT2D eigenvalue weighted by Crippen LogP contribution is 2.17. The van der Waals surface area contributed by atoms with Crippen LogP contribution in [0.5, 0.6) is 0 Å². The van der Waals surface area contributed by atoms with Crippen molar-refractivity contribution in [2.24, 2.45) is 11.8 Å². The Balaban J connectivity index is 1.72. The molecular weight excluding hydrogens is 540 g/mol. The van der Waals surface area contributed by atoms with Crippen molar-refractivity contribution in [3.63, 3.8) is 0 Å². The first-order valence-electron chi connectivity index (χ1n) is 14.1. The molecule has 42 heavy (non-hydrogen) atoms. The number of benzene rings is 2. The molecule has 4 N–H and O–H groups in total. The van der Waals surface area contributed by atoms with Crippen LogP contribution in [0.2, 0.25) is 0 Å². The molecule has 4 amide bonds. The molecule has 11 heteroatoms. The van der Waals surface area contributed by atoms with Crippen molar-refractivity contribution in [2.75, 3.05) is 13.7 Å². The zero-order valence-corrected chi connectivity index (χ0v) is 24.3. The highest BCUT2D eigenvalue weighted by Gasteiger charge is 2.34. The van der Waals surface area contributed by atoms with Gasteiger partial charge in [0.05, 0.1) is 7.11 Å². The Bertz CT molecular complexity index is 1210. The quantitative estimate of drug-likeness (QED) is 0.250. The van der Waals surface area contributed by atoms with Gasteiger partial charge in [-0.3, -0.25) is 14.4 Å². The number of ether oxygens (including phenoxy) is 2. The minimum Gasteiger partial charge on any atom is -0.467 e. The van der Waals surface area contributed by atoms with E-state index in [0.29, 0.717) is 13.0 Å². The van der Waals surface area contributed by atoms with Gasteiger partial charge in [-0.1, -0.05) is 74.5 Å². The van der Waals surface area contributed by atoms with Crippen molar-refractivity contribution in [1.82, 2.24) is 21.3 Å². The Morgan fingerprint density at radius 3 is 2.02 bits per heavy atom. The van der Waals surface area contributed by atoms with Gasteiger partial charge < -0.3 is 30.7 Å². The first-order chi connectivity index (χ1) is 20.2. The number of rotatable bonds is 14. The second kappa shape index (κ2) is 16.1. The number of hydrogen-bond donors (Lipinski definition) is 4. The molecule has 11 nitrogen and oxygen atoms in total.